The smallest absolute Gasteiger partial charge is 0.251 e. The minimum absolute atomic E-state index is 0.0234. The molecule has 0 radical (unpaired) electrons. The Labute approximate surface area is 114 Å². The van der Waals surface area contributed by atoms with Crippen LogP contribution >= 0.6 is 0 Å². The maximum atomic E-state index is 12.2. The van der Waals surface area contributed by atoms with E-state index in [4.69, 9.17) is 5.73 Å². The Morgan fingerprint density at radius 3 is 2.58 bits per heavy atom. The number of nitrogen functional groups attached to an aromatic ring is 1. The second-order valence-electron chi connectivity index (χ2n) is 6.22. The van der Waals surface area contributed by atoms with Crippen molar-refractivity contribution in [1.29, 1.82) is 0 Å². The predicted molar refractivity (Wildman–Crippen MR) is 76.7 cm³/mol. The van der Waals surface area contributed by atoms with Gasteiger partial charge in [0.15, 0.2) is 0 Å². The van der Waals surface area contributed by atoms with E-state index in [2.05, 4.69) is 12.2 Å². The van der Waals surface area contributed by atoms with Crippen LogP contribution in [0.15, 0.2) is 24.3 Å². The van der Waals surface area contributed by atoms with E-state index < -0.39 is 0 Å². The Bertz CT molecular complexity index is 468. The van der Waals surface area contributed by atoms with Gasteiger partial charge in [0.1, 0.15) is 0 Å². The predicted octanol–water partition coefficient (Wildman–Crippen LogP) is 2.82. The van der Waals surface area contributed by atoms with Crippen LogP contribution in [-0.2, 0) is 0 Å². The number of amides is 1. The average Bonchev–Trinajstić information content (AvgIpc) is 3.01. The molecule has 2 aliphatic rings. The summed E-state index contributed by atoms with van der Waals surface area (Å²) in [5.41, 5.74) is 7.03. The second kappa shape index (κ2) is 4.87. The van der Waals surface area contributed by atoms with Gasteiger partial charge >= 0.3 is 0 Å². The zero-order chi connectivity index (χ0) is 13.4. The molecule has 0 aliphatic heterocycles. The van der Waals surface area contributed by atoms with Gasteiger partial charge in [-0.15, -0.1) is 0 Å². The normalized spacial score (nSPS) is 30.3. The van der Waals surface area contributed by atoms with Crippen molar-refractivity contribution in [3.63, 3.8) is 0 Å². The molecular weight excluding hydrogens is 236 g/mol. The molecule has 2 aliphatic carbocycles. The first kappa shape index (κ1) is 12.5. The average molecular weight is 258 g/mol. The number of benzene rings is 1. The number of carbonyl (C=O) groups excluding carboxylic acids is 1. The first-order valence-electron chi connectivity index (χ1n) is 7.30. The number of carbonyl (C=O) groups is 1. The van der Waals surface area contributed by atoms with Gasteiger partial charge in [0, 0.05) is 17.3 Å². The highest BCUT2D eigenvalue weighted by Gasteiger charge is 2.42. The van der Waals surface area contributed by atoms with Gasteiger partial charge < -0.3 is 11.1 Å². The van der Waals surface area contributed by atoms with E-state index in [9.17, 15) is 4.79 Å². The van der Waals surface area contributed by atoms with E-state index in [-0.39, 0.29) is 11.9 Å². The van der Waals surface area contributed by atoms with Crippen LogP contribution in [0.1, 0.15) is 43.0 Å². The number of rotatable bonds is 3. The van der Waals surface area contributed by atoms with Crippen LogP contribution in [0.4, 0.5) is 5.69 Å². The van der Waals surface area contributed by atoms with Crippen LogP contribution in [0.3, 0.4) is 0 Å². The van der Waals surface area contributed by atoms with E-state index >= 15 is 0 Å². The maximum Gasteiger partial charge on any atom is 0.251 e. The Hall–Kier alpha value is -1.51. The summed E-state index contributed by atoms with van der Waals surface area (Å²) in [5.74, 6) is 2.46. The standard InChI is InChI=1S/C16H22N2O/c1-10(15-9-11-2-3-13(15)8-11)18-16(19)12-4-6-14(17)7-5-12/h4-7,10-11,13,15H,2-3,8-9,17H2,1H3,(H,18,19). The summed E-state index contributed by atoms with van der Waals surface area (Å²) in [4.78, 5) is 12.2. The van der Waals surface area contributed by atoms with Crippen LogP contribution in [0.5, 0.6) is 0 Å². The minimum atomic E-state index is 0.0234. The molecule has 3 heteroatoms. The van der Waals surface area contributed by atoms with Gasteiger partial charge in [0.2, 0.25) is 0 Å². The third-order valence-electron chi connectivity index (χ3n) is 4.97. The van der Waals surface area contributed by atoms with E-state index in [0.717, 1.165) is 11.8 Å². The van der Waals surface area contributed by atoms with Crippen LogP contribution in [0, 0.1) is 17.8 Å². The van der Waals surface area contributed by atoms with Crippen molar-refractivity contribution in [1.82, 2.24) is 5.32 Å². The number of hydrogen-bond acceptors (Lipinski definition) is 2. The molecule has 0 saturated heterocycles. The summed E-state index contributed by atoms with van der Waals surface area (Å²) in [5, 5.41) is 3.16. The zero-order valence-corrected chi connectivity index (χ0v) is 11.4. The highest BCUT2D eigenvalue weighted by molar-refractivity contribution is 5.94. The highest BCUT2D eigenvalue weighted by Crippen LogP contribution is 2.49. The first-order valence-corrected chi connectivity index (χ1v) is 7.30. The molecule has 1 amide bonds. The largest absolute Gasteiger partial charge is 0.399 e. The fourth-order valence-corrected chi connectivity index (χ4v) is 3.94. The lowest BCUT2D eigenvalue weighted by Gasteiger charge is -2.28. The second-order valence-corrected chi connectivity index (χ2v) is 6.22. The Morgan fingerprint density at radius 1 is 1.26 bits per heavy atom. The number of hydrogen-bond donors (Lipinski definition) is 2. The third-order valence-corrected chi connectivity index (χ3v) is 4.97. The first-order chi connectivity index (χ1) is 9.13. The lowest BCUT2D eigenvalue weighted by atomic mass is 9.84. The molecule has 1 aromatic carbocycles. The van der Waals surface area contributed by atoms with E-state index in [1.807, 2.05) is 0 Å². The van der Waals surface area contributed by atoms with Gasteiger partial charge in [-0.25, -0.2) is 0 Å². The molecule has 2 bridgehead atoms. The van der Waals surface area contributed by atoms with Crippen molar-refractivity contribution in [3.05, 3.63) is 29.8 Å². The lowest BCUT2D eigenvalue weighted by Crippen LogP contribution is -2.40. The van der Waals surface area contributed by atoms with Gasteiger partial charge in [0.25, 0.3) is 5.91 Å². The number of anilines is 1. The van der Waals surface area contributed by atoms with Gasteiger partial charge in [-0.3, -0.25) is 4.79 Å². The van der Waals surface area contributed by atoms with Crippen molar-refractivity contribution in [2.75, 3.05) is 5.73 Å². The van der Waals surface area contributed by atoms with Crippen LogP contribution in [0.2, 0.25) is 0 Å². The van der Waals surface area contributed by atoms with Crippen LogP contribution < -0.4 is 11.1 Å². The molecule has 4 unspecified atom stereocenters. The Kier molecular flexibility index (Phi) is 3.21. The van der Waals surface area contributed by atoms with Crippen molar-refractivity contribution in [2.24, 2.45) is 17.8 Å². The molecule has 2 saturated carbocycles. The molecule has 3 rings (SSSR count). The third kappa shape index (κ3) is 2.46. The van der Waals surface area contributed by atoms with Crippen molar-refractivity contribution < 1.29 is 4.79 Å². The Morgan fingerprint density at radius 2 is 2.00 bits per heavy atom. The number of nitrogens with one attached hydrogen (secondary N) is 1. The quantitative estimate of drug-likeness (QED) is 0.819. The molecule has 1 aromatic rings. The van der Waals surface area contributed by atoms with Gasteiger partial charge in [-0.05, 0) is 68.2 Å². The summed E-state index contributed by atoms with van der Waals surface area (Å²) in [6.45, 7) is 2.15. The van der Waals surface area contributed by atoms with Crippen molar-refractivity contribution in [3.8, 4) is 0 Å². The summed E-state index contributed by atoms with van der Waals surface area (Å²) < 4.78 is 0. The summed E-state index contributed by atoms with van der Waals surface area (Å²) in [6, 6.07) is 7.41. The SMILES string of the molecule is CC(NC(=O)c1ccc(N)cc1)C1CC2CCC1C2. The Balaban J connectivity index is 1.61. The summed E-state index contributed by atoms with van der Waals surface area (Å²) in [6.07, 6.45) is 5.44. The van der Waals surface area contributed by atoms with Crippen LogP contribution in [0.25, 0.3) is 0 Å². The fraction of sp³-hybridized carbons (Fsp3) is 0.562. The van der Waals surface area contributed by atoms with Gasteiger partial charge in [-0.1, -0.05) is 6.42 Å². The molecule has 0 aromatic heterocycles. The van der Waals surface area contributed by atoms with Crippen molar-refractivity contribution in [2.45, 2.75) is 38.6 Å². The molecular formula is C16H22N2O. The molecule has 0 spiro atoms. The lowest BCUT2D eigenvalue weighted by molar-refractivity contribution is 0.0915. The van der Waals surface area contributed by atoms with Crippen molar-refractivity contribution >= 4 is 11.6 Å². The highest BCUT2D eigenvalue weighted by atomic mass is 16.1. The zero-order valence-electron chi connectivity index (χ0n) is 11.4. The molecule has 2 fully saturated rings. The van der Waals surface area contributed by atoms with E-state index in [0.29, 0.717) is 17.2 Å². The molecule has 19 heavy (non-hydrogen) atoms. The summed E-state index contributed by atoms with van der Waals surface area (Å²) >= 11 is 0. The molecule has 3 N–H and O–H groups in total. The monoisotopic (exact) mass is 258 g/mol. The molecule has 0 heterocycles. The maximum absolute atomic E-state index is 12.2. The fourth-order valence-electron chi connectivity index (χ4n) is 3.94. The van der Waals surface area contributed by atoms with E-state index in [1.54, 1.807) is 24.3 Å². The van der Waals surface area contributed by atoms with Gasteiger partial charge in [-0.2, -0.15) is 0 Å². The van der Waals surface area contributed by atoms with Gasteiger partial charge in [0.05, 0.1) is 0 Å². The van der Waals surface area contributed by atoms with E-state index in [1.165, 1.54) is 25.7 Å². The van der Waals surface area contributed by atoms with Crippen LogP contribution in [-0.4, -0.2) is 11.9 Å². The summed E-state index contributed by atoms with van der Waals surface area (Å²) in [7, 11) is 0. The number of nitrogens with two attached hydrogens (primary N) is 1. The molecule has 3 nitrogen and oxygen atoms in total. The number of fused-ring (bicyclic) bond motifs is 2. The minimum Gasteiger partial charge on any atom is -0.399 e. The topological polar surface area (TPSA) is 55.1 Å². The molecule has 102 valence electrons. The molecule has 4 atom stereocenters.